The van der Waals surface area contributed by atoms with Crippen LogP contribution in [0.5, 0.6) is 0 Å². The summed E-state index contributed by atoms with van der Waals surface area (Å²) in [5.74, 6) is -1.13. The molecule has 0 aliphatic carbocycles. The Kier molecular flexibility index (Phi) is 4.90. The first-order chi connectivity index (χ1) is 12.0. The molecule has 1 aromatic carbocycles. The van der Waals surface area contributed by atoms with E-state index < -0.39 is 17.6 Å². The Balaban J connectivity index is 1.59. The molecule has 0 spiro atoms. The first-order valence-electron chi connectivity index (χ1n) is 7.36. The summed E-state index contributed by atoms with van der Waals surface area (Å²) in [5.41, 5.74) is 1.37. The van der Waals surface area contributed by atoms with E-state index in [-0.39, 0.29) is 17.9 Å². The third-order valence-electron chi connectivity index (χ3n) is 3.26. The SMILES string of the molecule is Cc1ccc(NC(=O)Cc2csc(NC(=O)c3ccco3)n2)c(F)c1. The maximum atomic E-state index is 13.7. The van der Waals surface area contributed by atoms with E-state index in [2.05, 4.69) is 15.6 Å². The van der Waals surface area contributed by atoms with Gasteiger partial charge in [-0.25, -0.2) is 9.37 Å². The molecule has 2 N–H and O–H groups in total. The van der Waals surface area contributed by atoms with Gasteiger partial charge in [0.05, 0.1) is 24.1 Å². The van der Waals surface area contributed by atoms with E-state index in [1.807, 2.05) is 0 Å². The van der Waals surface area contributed by atoms with Gasteiger partial charge in [0, 0.05) is 5.38 Å². The summed E-state index contributed by atoms with van der Waals surface area (Å²) in [6.45, 7) is 1.77. The van der Waals surface area contributed by atoms with Crippen LogP contribution in [-0.2, 0) is 11.2 Å². The van der Waals surface area contributed by atoms with Gasteiger partial charge < -0.3 is 9.73 Å². The van der Waals surface area contributed by atoms with Crippen LogP contribution < -0.4 is 10.6 Å². The van der Waals surface area contributed by atoms with E-state index in [4.69, 9.17) is 4.42 Å². The topological polar surface area (TPSA) is 84.2 Å². The third kappa shape index (κ3) is 4.30. The molecule has 8 heteroatoms. The zero-order valence-corrected chi connectivity index (χ0v) is 14.0. The van der Waals surface area contributed by atoms with Gasteiger partial charge in [-0.15, -0.1) is 11.3 Å². The number of rotatable bonds is 5. The number of carbonyl (C=O) groups excluding carboxylic acids is 2. The summed E-state index contributed by atoms with van der Waals surface area (Å²) in [5, 5.41) is 7.10. The number of thiazole rings is 1. The lowest BCUT2D eigenvalue weighted by molar-refractivity contribution is -0.115. The van der Waals surface area contributed by atoms with Crippen LogP contribution >= 0.6 is 11.3 Å². The lowest BCUT2D eigenvalue weighted by Crippen LogP contribution is -2.16. The highest BCUT2D eigenvalue weighted by molar-refractivity contribution is 7.14. The molecule has 0 saturated heterocycles. The molecule has 2 heterocycles. The predicted octanol–water partition coefficient (Wildman–Crippen LogP) is 3.62. The molecule has 0 unspecified atom stereocenters. The highest BCUT2D eigenvalue weighted by Crippen LogP contribution is 2.19. The number of nitrogens with one attached hydrogen (secondary N) is 2. The van der Waals surface area contributed by atoms with E-state index in [0.29, 0.717) is 10.8 Å². The molecule has 2 aromatic heterocycles. The van der Waals surface area contributed by atoms with Crippen molar-refractivity contribution in [2.45, 2.75) is 13.3 Å². The molecule has 0 bridgehead atoms. The summed E-state index contributed by atoms with van der Waals surface area (Å²) >= 11 is 1.19. The highest BCUT2D eigenvalue weighted by atomic mass is 32.1. The van der Waals surface area contributed by atoms with Gasteiger partial charge in [0.1, 0.15) is 5.82 Å². The van der Waals surface area contributed by atoms with Crippen LogP contribution in [0.2, 0.25) is 0 Å². The van der Waals surface area contributed by atoms with Gasteiger partial charge in [-0.2, -0.15) is 0 Å². The maximum Gasteiger partial charge on any atom is 0.293 e. The van der Waals surface area contributed by atoms with Crippen LogP contribution in [0.3, 0.4) is 0 Å². The lowest BCUT2D eigenvalue weighted by atomic mass is 10.2. The minimum atomic E-state index is -0.488. The molecule has 0 saturated carbocycles. The molecule has 25 heavy (non-hydrogen) atoms. The lowest BCUT2D eigenvalue weighted by Gasteiger charge is -2.06. The Bertz CT molecular complexity index is 906. The maximum absolute atomic E-state index is 13.7. The Morgan fingerprint density at radius 3 is 2.84 bits per heavy atom. The second-order valence-corrected chi connectivity index (χ2v) is 6.14. The molecule has 0 aliphatic rings. The number of hydrogen-bond donors (Lipinski definition) is 2. The molecule has 3 rings (SSSR count). The Hall–Kier alpha value is -3.00. The van der Waals surface area contributed by atoms with Crippen molar-refractivity contribution < 1.29 is 18.4 Å². The van der Waals surface area contributed by atoms with Crippen LogP contribution in [0.25, 0.3) is 0 Å². The number of aryl methyl sites for hydroxylation is 1. The highest BCUT2D eigenvalue weighted by Gasteiger charge is 2.13. The molecule has 0 radical (unpaired) electrons. The van der Waals surface area contributed by atoms with Gasteiger partial charge in [0.2, 0.25) is 5.91 Å². The van der Waals surface area contributed by atoms with Crippen LogP contribution in [0.15, 0.2) is 46.4 Å². The van der Waals surface area contributed by atoms with Crippen molar-refractivity contribution in [2.75, 3.05) is 10.6 Å². The number of anilines is 2. The van der Waals surface area contributed by atoms with Crippen LogP contribution in [0.4, 0.5) is 15.2 Å². The summed E-state index contributed by atoms with van der Waals surface area (Å²) in [6.07, 6.45) is 1.37. The molecular weight excluding hydrogens is 345 g/mol. The van der Waals surface area contributed by atoms with E-state index in [0.717, 1.165) is 5.56 Å². The number of aromatic nitrogens is 1. The van der Waals surface area contributed by atoms with Crippen molar-refractivity contribution >= 4 is 34.0 Å². The van der Waals surface area contributed by atoms with Gasteiger partial charge in [-0.1, -0.05) is 6.07 Å². The first kappa shape index (κ1) is 16.8. The van der Waals surface area contributed by atoms with Crippen molar-refractivity contribution in [2.24, 2.45) is 0 Å². The number of nitrogens with zero attached hydrogens (tertiary/aromatic N) is 1. The fraction of sp³-hybridized carbons (Fsp3) is 0.118. The standard InChI is InChI=1S/C17H14FN3O3S/c1-10-4-5-13(12(18)7-10)20-15(22)8-11-9-25-17(19-11)21-16(23)14-3-2-6-24-14/h2-7,9H,8H2,1H3,(H,20,22)(H,19,21,23). The molecule has 6 nitrogen and oxygen atoms in total. The minimum absolute atomic E-state index is 0.0273. The van der Waals surface area contributed by atoms with Crippen molar-refractivity contribution in [3.63, 3.8) is 0 Å². The molecule has 0 atom stereocenters. The molecule has 128 valence electrons. The number of benzene rings is 1. The van der Waals surface area contributed by atoms with Gasteiger partial charge >= 0.3 is 0 Å². The first-order valence-corrected chi connectivity index (χ1v) is 8.24. The van der Waals surface area contributed by atoms with Crippen LogP contribution in [0, 0.1) is 12.7 Å². The van der Waals surface area contributed by atoms with Gasteiger partial charge in [-0.3, -0.25) is 14.9 Å². The Labute approximate surface area is 146 Å². The zero-order valence-electron chi connectivity index (χ0n) is 13.2. The van der Waals surface area contributed by atoms with Gasteiger partial charge in [0.25, 0.3) is 5.91 Å². The fourth-order valence-corrected chi connectivity index (χ4v) is 2.80. The number of halogens is 1. The molecule has 0 fully saturated rings. The van der Waals surface area contributed by atoms with Crippen molar-refractivity contribution in [1.29, 1.82) is 0 Å². The number of furan rings is 1. The number of carbonyl (C=O) groups is 2. The number of hydrogen-bond acceptors (Lipinski definition) is 5. The van der Waals surface area contributed by atoms with Gasteiger partial charge in [0.15, 0.2) is 10.9 Å². The quantitative estimate of drug-likeness (QED) is 0.729. The predicted molar refractivity (Wildman–Crippen MR) is 92.2 cm³/mol. The minimum Gasteiger partial charge on any atom is -0.459 e. The molecule has 2 amide bonds. The molecule has 0 aliphatic heterocycles. The van der Waals surface area contributed by atoms with Crippen LogP contribution in [-0.4, -0.2) is 16.8 Å². The summed E-state index contributed by atoms with van der Waals surface area (Å²) < 4.78 is 18.7. The summed E-state index contributed by atoms with van der Waals surface area (Å²) in [6, 6.07) is 7.72. The van der Waals surface area contributed by atoms with E-state index in [1.54, 1.807) is 24.4 Å². The van der Waals surface area contributed by atoms with Crippen molar-refractivity contribution in [3.8, 4) is 0 Å². The fourth-order valence-electron chi connectivity index (χ4n) is 2.09. The average molecular weight is 359 g/mol. The van der Waals surface area contributed by atoms with E-state index in [9.17, 15) is 14.0 Å². The normalized spacial score (nSPS) is 10.5. The van der Waals surface area contributed by atoms with Crippen molar-refractivity contribution in [1.82, 2.24) is 4.98 Å². The largest absolute Gasteiger partial charge is 0.459 e. The summed E-state index contributed by atoms with van der Waals surface area (Å²) in [4.78, 5) is 28.0. The van der Waals surface area contributed by atoms with E-state index >= 15 is 0 Å². The van der Waals surface area contributed by atoms with Crippen LogP contribution in [0.1, 0.15) is 21.8 Å². The molecular formula is C17H14FN3O3S. The molecule has 3 aromatic rings. The average Bonchev–Trinajstić information content (AvgIpc) is 3.22. The summed E-state index contributed by atoms with van der Waals surface area (Å²) in [7, 11) is 0. The van der Waals surface area contributed by atoms with Crippen molar-refractivity contribution in [3.05, 3.63) is 64.8 Å². The Morgan fingerprint density at radius 2 is 2.12 bits per heavy atom. The van der Waals surface area contributed by atoms with Gasteiger partial charge in [-0.05, 0) is 36.8 Å². The monoisotopic (exact) mass is 359 g/mol. The second kappa shape index (κ2) is 7.27. The zero-order chi connectivity index (χ0) is 17.8. The van der Waals surface area contributed by atoms with E-state index in [1.165, 1.54) is 35.8 Å². The number of amides is 2. The third-order valence-corrected chi connectivity index (χ3v) is 4.06. The second-order valence-electron chi connectivity index (χ2n) is 5.28. The Morgan fingerprint density at radius 1 is 1.28 bits per heavy atom. The smallest absolute Gasteiger partial charge is 0.293 e.